The van der Waals surface area contributed by atoms with E-state index < -0.39 is 0 Å². The van der Waals surface area contributed by atoms with Gasteiger partial charge in [0.15, 0.2) is 0 Å². The Labute approximate surface area is 156 Å². The fraction of sp³-hybridized carbons (Fsp3) is 0.316. The first-order valence-electron chi connectivity index (χ1n) is 7.94. The molecule has 25 heavy (non-hydrogen) atoms. The number of nitrogens with one attached hydrogen (secondary N) is 1. The van der Waals surface area contributed by atoms with Crippen LogP contribution in [0.3, 0.4) is 0 Å². The smallest absolute Gasteiger partial charge is 0.224 e. The molecule has 1 amide bonds. The van der Waals surface area contributed by atoms with Crippen molar-refractivity contribution < 1.29 is 19.0 Å². The lowest BCUT2D eigenvalue weighted by molar-refractivity contribution is -0.116. The van der Waals surface area contributed by atoms with Gasteiger partial charge in [-0.1, -0.05) is 17.7 Å². The van der Waals surface area contributed by atoms with Gasteiger partial charge in [-0.3, -0.25) is 4.79 Å². The number of rotatable bonds is 8. The lowest BCUT2D eigenvalue weighted by atomic mass is 10.2. The summed E-state index contributed by atoms with van der Waals surface area (Å²) in [6.07, 6.45) is 0.975. The van der Waals surface area contributed by atoms with E-state index in [-0.39, 0.29) is 5.91 Å². The molecule has 1 N–H and O–H groups in total. The number of ether oxygens (including phenoxy) is 3. The van der Waals surface area contributed by atoms with Crippen molar-refractivity contribution in [1.82, 2.24) is 0 Å². The number of carbonyl (C=O) groups is 1. The summed E-state index contributed by atoms with van der Waals surface area (Å²) in [5.74, 6) is 1.90. The minimum absolute atomic E-state index is 0.102. The fourth-order valence-electron chi connectivity index (χ4n) is 2.23. The Morgan fingerprint density at radius 3 is 2.40 bits per heavy atom. The maximum absolute atomic E-state index is 12.1. The molecule has 0 aliphatic rings. The molecule has 0 atom stereocenters. The first kappa shape index (κ1) is 19.1. The number of hydrogen-bond acceptors (Lipinski definition) is 4. The second-order valence-corrected chi connectivity index (χ2v) is 6.35. The van der Waals surface area contributed by atoms with E-state index in [4.69, 9.17) is 14.2 Å². The maximum atomic E-state index is 12.1. The highest BCUT2D eigenvalue weighted by molar-refractivity contribution is 9.10. The number of anilines is 1. The largest absolute Gasteiger partial charge is 0.495 e. The monoisotopic (exact) mass is 407 g/mol. The molecule has 2 aromatic rings. The maximum Gasteiger partial charge on any atom is 0.224 e. The van der Waals surface area contributed by atoms with Crippen molar-refractivity contribution in [3.8, 4) is 17.2 Å². The topological polar surface area (TPSA) is 56.8 Å². The van der Waals surface area contributed by atoms with Gasteiger partial charge >= 0.3 is 0 Å². The van der Waals surface area contributed by atoms with Crippen LogP contribution >= 0.6 is 15.9 Å². The van der Waals surface area contributed by atoms with Crippen molar-refractivity contribution in [3.05, 3.63) is 46.4 Å². The van der Waals surface area contributed by atoms with Crippen LogP contribution in [0.2, 0.25) is 0 Å². The van der Waals surface area contributed by atoms with Crippen LogP contribution in [0.4, 0.5) is 5.69 Å². The Morgan fingerprint density at radius 2 is 1.76 bits per heavy atom. The molecule has 2 rings (SSSR count). The molecule has 0 aromatic heterocycles. The molecule has 0 bridgehead atoms. The highest BCUT2D eigenvalue weighted by Gasteiger charge is 2.12. The SMILES string of the molecule is COc1cc(NC(=O)CCCOc2ccc(C)cc2)c(OC)cc1Br. The van der Waals surface area contributed by atoms with Crippen LogP contribution in [0.1, 0.15) is 18.4 Å². The van der Waals surface area contributed by atoms with Crippen LogP contribution in [0, 0.1) is 6.92 Å². The highest BCUT2D eigenvalue weighted by atomic mass is 79.9. The highest BCUT2D eigenvalue weighted by Crippen LogP contribution is 2.36. The summed E-state index contributed by atoms with van der Waals surface area (Å²) < 4.78 is 16.9. The van der Waals surface area contributed by atoms with Crippen molar-refractivity contribution in [2.75, 3.05) is 26.1 Å². The summed E-state index contributed by atoms with van der Waals surface area (Å²) in [6.45, 7) is 2.51. The van der Waals surface area contributed by atoms with Crippen molar-refractivity contribution in [3.63, 3.8) is 0 Å². The molecule has 0 heterocycles. The van der Waals surface area contributed by atoms with Gasteiger partial charge in [0.2, 0.25) is 5.91 Å². The van der Waals surface area contributed by atoms with Crippen LogP contribution < -0.4 is 19.5 Å². The Balaban J connectivity index is 1.84. The summed E-state index contributed by atoms with van der Waals surface area (Å²) in [5, 5.41) is 2.85. The predicted molar refractivity (Wildman–Crippen MR) is 102 cm³/mol. The molecular formula is C19H22BrNO4. The van der Waals surface area contributed by atoms with Gasteiger partial charge in [-0.2, -0.15) is 0 Å². The van der Waals surface area contributed by atoms with Crippen molar-refractivity contribution in [2.45, 2.75) is 19.8 Å². The van der Waals surface area contributed by atoms with Crippen LogP contribution in [0.5, 0.6) is 17.2 Å². The molecule has 0 saturated carbocycles. The first-order valence-corrected chi connectivity index (χ1v) is 8.73. The van der Waals surface area contributed by atoms with Crippen molar-refractivity contribution in [2.24, 2.45) is 0 Å². The fourth-order valence-corrected chi connectivity index (χ4v) is 2.71. The molecule has 2 aromatic carbocycles. The molecule has 0 aliphatic heterocycles. The minimum atomic E-state index is -0.102. The first-order chi connectivity index (χ1) is 12.0. The van der Waals surface area contributed by atoms with Gasteiger partial charge in [0.25, 0.3) is 0 Å². The van der Waals surface area contributed by atoms with Gasteiger partial charge in [-0.05, 0) is 41.4 Å². The van der Waals surface area contributed by atoms with Crippen LogP contribution in [0.15, 0.2) is 40.9 Å². The number of benzene rings is 2. The second kappa shape index (κ2) is 9.32. The van der Waals surface area contributed by atoms with Gasteiger partial charge in [0.1, 0.15) is 17.2 Å². The molecule has 0 saturated heterocycles. The molecular weight excluding hydrogens is 386 g/mol. The van der Waals surface area contributed by atoms with Crippen molar-refractivity contribution in [1.29, 1.82) is 0 Å². The predicted octanol–water partition coefficient (Wildman–Crippen LogP) is 4.57. The average molecular weight is 408 g/mol. The van der Waals surface area contributed by atoms with E-state index in [1.165, 1.54) is 5.56 Å². The molecule has 0 radical (unpaired) electrons. The molecule has 6 heteroatoms. The van der Waals surface area contributed by atoms with E-state index in [0.29, 0.717) is 36.6 Å². The zero-order valence-electron chi connectivity index (χ0n) is 14.6. The third-order valence-corrected chi connectivity index (χ3v) is 4.21. The quantitative estimate of drug-likeness (QED) is 0.650. The zero-order valence-corrected chi connectivity index (χ0v) is 16.2. The standard InChI is InChI=1S/C19H22BrNO4/c1-13-6-8-14(9-7-13)25-10-4-5-19(22)21-16-12-17(23-2)15(20)11-18(16)24-3/h6-9,11-12H,4-5,10H2,1-3H3,(H,21,22). The second-order valence-electron chi connectivity index (χ2n) is 5.50. The van der Waals surface area contributed by atoms with Gasteiger partial charge in [-0.15, -0.1) is 0 Å². The third kappa shape index (κ3) is 5.67. The number of aryl methyl sites for hydroxylation is 1. The molecule has 134 valence electrons. The Morgan fingerprint density at radius 1 is 1.08 bits per heavy atom. The Hall–Kier alpha value is -2.21. The van der Waals surface area contributed by atoms with Gasteiger partial charge in [-0.25, -0.2) is 0 Å². The number of carbonyl (C=O) groups excluding carboxylic acids is 1. The Bertz CT molecular complexity index is 716. The van der Waals surface area contributed by atoms with E-state index >= 15 is 0 Å². The third-order valence-electron chi connectivity index (χ3n) is 3.59. The summed E-state index contributed by atoms with van der Waals surface area (Å²) in [7, 11) is 3.12. The molecule has 5 nitrogen and oxygen atoms in total. The van der Waals surface area contributed by atoms with E-state index in [0.717, 1.165) is 10.2 Å². The number of methoxy groups -OCH3 is 2. The van der Waals surface area contributed by atoms with E-state index in [1.807, 2.05) is 31.2 Å². The van der Waals surface area contributed by atoms with Gasteiger partial charge in [0.05, 0.1) is 31.0 Å². The Kier molecular flexibility index (Phi) is 7.13. The number of amides is 1. The van der Waals surface area contributed by atoms with E-state index in [9.17, 15) is 4.79 Å². The molecule has 0 fully saturated rings. The summed E-state index contributed by atoms with van der Waals surface area (Å²) in [6, 6.07) is 11.3. The van der Waals surface area contributed by atoms with E-state index in [2.05, 4.69) is 21.2 Å². The summed E-state index contributed by atoms with van der Waals surface area (Å²) in [4.78, 5) is 12.1. The molecule has 0 spiro atoms. The minimum Gasteiger partial charge on any atom is -0.495 e. The summed E-state index contributed by atoms with van der Waals surface area (Å²) in [5.41, 5.74) is 1.76. The van der Waals surface area contributed by atoms with Gasteiger partial charge in [0, 0.05) is 18.6 Å². The molecule has 0 aliphatic carbocycles. The van der Waals surface area contributed by atoms with Gasteiger partial charge < -0.3 is 19.5 Å². The number of halogens is 1. The zero-order chi connectivity index (χ0) is 18.2. The van der Waals surface area contributed by atoms with Crippen LogP contribution in [0.25, 0.3) is 0 Å². The van der Waals surface area contributed by atoms with Crippen molar-refractivity contribution >= 4 is 27.5 Å². The lowest BCUT2D eigenvalue weighted by Gasteiger charge is -2.13. The summed E-state index contributed by atoms with van der Waals surface area (Å²) >= 11 is 3.39. The lowest BCUT2D eigenvalue weighted by Crippen LogP contribution is -2.13. The average Bonchev–Trinajstić information content (AvgIpc) is 2.61. The molecule has 0 unspecified atom stereocenters. The normalized spacial score (nSPS) is 10.2. The number of hydrogen-bond donors (Lipinski definition) is 1. The van der Waals surface area contributed by atoms with Crippen LogP contribution in [-0.4, -0.2) is 26.7 Å². The van der Waals surface area contributed by atoms with E-state index in [1.54, 1.807) is 26.4 Å². The van der Waals surface area contributed by atoms with Crippen LogP contribution in [-0.2, 0) is 4.79 Å².